The number of halogens is 1. The molecule has 21 heavy (non-hydrogen) atoms. The van der Waals surface area contributed by atoms with Crippen LogP contribution in [0.2, 0.25) is 5.02 Å². The summed E-state index contributed by atoms with van der Waals surface area (Å²) in [6, 6.07) is 3.71. The van der Waals surface area contributed by atoms with Crippen molar-refractivity contribution in [3.05, 3.63) is 22.7 Å². The van der Waals surface area contributed by atoms with Crippen molar-refractivity contribution in [1.29, 1.82) is 0 Å². The first-order valence-electron chi connectivity index (χ1n) is 7.32. The van der Waals surface area contributed by atoms with Gasteiger partial charge in [-0.25, -0.2) is 4.79 Å². The van der Waals surface area contributed by atoms with E-state index in [-0.39, 0.29) is 6.10 Å². The molecule has 0 radical (unpaired) electrons. The van der Waals surface area contributed by atoms with Crippen LogP contribution in [0.25, 0.3) is 0 Å². The first-order valence-corrected chi connectivity index (χ1v) is 7.70. The SMILES string of the molecule is COc1cc(C2(N=C=O)CC2)cc(Cl)c1OC1CCCC1. The summed E-state index contributed by atoms with van der Waals surface area (Å²) in [6.45, 7) is 0. The van der Waals surface area contributed by atoms with E-state index in [1.165, 1.54) is 12.8 Å². The van der Waals surface area contributed by atoms with Crippen LogP contribution in [0.3, 0.4) is 0 Å². The molecule has 0 bridgehead atoms. The minimum Gasteiger partial charge on any atom is -0.493 e. The van der Waals surface area contributed by atoms with Gasteiger partial charge in [-0.2, -0.15) is 4.99 Å². The smallest absolute Gasteiger partial charge is 0.235 e. The Morgan fingerprint density at radius 2 is 2.05 bits per heavy atom. The van der Waals surface area contributed by atoms with Gasteiger partial charge in [0.05, 0.1) is 23.8 Å². The van der Waals surface area contributed by atoms with Crippen LogP contribution in [0.4, 0.5) is 0 Å². The van der Waals surface area contributed by atoms with Gasteiger partial charge in [-0.05, 0) is 56.2 Å². The molecule has 4 nitrogen and oxygen atoms in total. The summed E-state index contributed by atoms with van der Waals surface area (Å²) < 4.78 is 11.4. The Labute approximate surface area is 129 Å². The van der Waals surface area contributed by atoms with Crippen molar-refractivity contribution in [2.75, 3.05) is 7.11 Å². The minimum atomic E-state index is -0.454. The number of benzene rings is 1. The lowest BCUT2D eigenvalue weighted by Crippen LogP contribution is -2.12. The second kappa shape index (κ2) is 5.70. The van der Waals surface area contributed by atoms with Gasteiger partial charge in [-0.3, -0.25) is 0 Å². The second-order valence-corrected chi connectivity index (χ2v) is 6.16. The highest BCUT2D eigenvalue weighted by Gasteiger charge is 2.45. The summed E-state index contributed by atoms with van der Waals surface area (Å²) in [4.78, 5) is 14.5. The number of nitrogens with zero attached hydrogens (tertiary/aromatic N) is 1. The molecule has 3 rings (SSSR count). The van der Waals surface area contributed by atoms with Crippen molar-refractivity contribution < 1.29 is 14.3 Å². The molecule has 1 aromatic carbocycles. The normalized spacial score (nSPS) is 19.9. The van der Waals surface area contributed by atoms with E-state index in [1.54, 1.807) is 13.2 Å². The molecule has 0 N–H and O–H groups in total. The van der Waals surface area contributed by atoms with Gasteiger partial charge in [-0.1, -0.05) is 11.6 Å². The highest BCUT2D eigenvalue weighted by molar-refractivity contribution is 6.32. The van der Waals surface area contributed by atoms with Crippen molar-refractivity contribution in [3.63, 3.8) is 0 Å². The van der Waals surface area contributed by atoms with Crippen LogP contribution in [0.5, 0.6) is 11.5 Å². The zero-order valence-corrected chi connectivity index (χ0v) is 12.8. The number of aliphatic imine (C=N–C) groups is 1. The Balaban J connectivity index is 1.93. The molecular weight excluding hydrogens is 290 g/mol. The average molecular weight is 308 g/mol. The number of hydrogen-bond acceptors (Lipinski definition) is 4. The van der Waals surface area contributed by atoms with Crippen LogP contribution in [-0.4, -0.2) is 19.3 Å². The van der Waals surface area contributed by atoms with Gasteiger partial charge in [0, 0.05) is 0 Å². The van der Waals surface area contributed by atoms with Crippen molar-refractivity contribution in [3.8, 4) is 11.5 Å². The zero-order chi connectivity index (χ0) is 14.9. The van der Waals surface area contributed by atoms with E-state index in [0.29, 0.717) is 16.5 Å². The molecule has 2 aliphatic carbocycles. The third-order valence-electron chi connectivity index (χ3n) is 4.34. The molecule has 0 unspecified atom stereocenters. The Morgan fingerprint density at radius 3 is 2.62 bits per heavy atom. The van der Waals surface area contributed by atoms with Crippen LogP contribution in [-0.2, 0) is 10.3 Å². The van der Waals surface area contributed by atoms with Gasteiger partial charge in [0.25, 0.3) is 0 Å². The minimum absolute atomic E-state index is 0.213. The maximum Gasteiger partial charge on any atom is 0.235 e. The number of methoxy groups -OCH3 is 1. The van der Waals surface area contributed by atoms with Crippen molar-refractivity contribution >= 4 is 17.7 Å². The van der Waals surface area contributed by atoms with Gasteiger partial charge >= 0.3 is 0 Å². The fourth-order valence-electron chi connectivity index (χ4n) is 2.95. The van der Waals surface area contributed by atoms with Crippen LogP contribution in [0.1, 0.15) is 44.1 Å². The van der Waals surface area contributed by atoms with E-state index < -0.39 is 5.54 Å². The molecule has 0 atom stereocenters. The van der Waals surface area contributed by atoms with Crippen LogP contribution < -0.4 is 9.47 Å². The lowest BCUT2D eigenvalue weighted by Gasteiger charge is -2.19. The predicted octanol–water partition coefficient (Wildman–Crippen LogP) is 3.99. The van der Waals surface area contributed by atoms with Crippen molar-refractivity contribution in [2.45, 2.75) is 50.2 Å². The molecule has 112 valence electrons. The fourth-order valence-corrected chi connectivity index (χ4v) is 3.20. The van der Waals surface area contributed by atoms with E-state index in [1.807, 2.05) is 12.1 Å². The van der Waals surface area contributed by atoms with Gasteiger partial charge < -0.3 is 9.47 Å². The Hall–Kier alpha value is -1.51. The first-order chi connectivity index (χ1) is 10.2. The summed E-state index contributed by atoms with van der Waals surface area (Å²) in [5.41, 5.74) is 0.441. The molecule has 1 aromatic rings. The monoisotopic (exact) mass is 307 g/mol. The Bertz CT molecular complexity index is 585. The molecule has 5 heteroatoms. The maximum atomic E-state index is 10.6. The zero-order valence-electron chi connectivity index (χ0n) is 12.0. The third-order valence-corrected chi connectivity index (χ3v) is 4.62. The van der Waals surface area contributed by atoms with Crippen LogP contribution in [0.15, 0.2) is 17.1 Å². The standard InChI is InChI=1S/C16H18ClNO3/c1-20-14-9-11(16(6-7-16)18-10-19)8-13(17)15(14)21-12-4-2-3-5-12/h8-9,12H,2-7H2,1H3. The van der Waals surface area contributed by atoms with E-state index in [2.05, 4.69) is 4.99 Å². The van der Waals surface area contributed by atoms with Gasteiger partial charge in [-0.15, -0.1) is 0 Å². The molecule has 2 fully saturated rings. The highest BCUT2D eigenvalue weighted by Crippen LogP contribution is 2.52. The maximum absolute atomic E-state index is 10.6. The number of hydrogen-bond donors (Lipinski definition) is 0. The third kappa shape index (κ3) is 2.78. The molecule has 2 saturated carbocycles. The fraction of sp³-hybridized carbons (Fsp3) is 0.562. The molecule has 0 amide bonds. The van der Waals surface area contributed by atoms with E-state index >= 15 is 0 Å². The van der Waals surface area contributed by atoms with Crippen LogP contribution >= 0.6 is 11.6 Å². The summed E-state index contributed by atoms with van der Waals surface area (Å²) in [5.74, 6) is 1.21. The summed E-state index contributed by atoms with van der Waals surface area (Å²) in [5, 5.41) is 0.517. The van der Waals surface area contributed by atoms with Gasteiger partial charge in [0.2, 0.25) is 6.08 Å². The molecule has 2 aliphatic rings. The van der Waals surface area contributed by atoms with Gasteiger partial charge in [0.15, 0.2) is 11.5 Å². The highest BCUT2D eigenvalue weighted by atomic mass is 35.5. The largest absolute Gasteiger partial charge is 0.493 e. The topological polar surface area (TPSA) is 47.9 Å². The van der Waals surface area contributed by atoms with E-state index in [9.17, 15) is 4.79 Å². The Morgan fingerprint density at radius 1 is 1.33 bits per heavy atom. The predicted molar refractivity (Wildman–Crippen MR) is 79.9 cm³/mol. The van der Waals surface area contributed by atoms with E-state index in [4.69, 9.17) is 21.1 Å². The van der Waals surface area contributed by atoms with Crippen molar-refractivity contribution in [1.82, 2.24) is 0 Å². The first kappa shape index (κ1) is 14.4. The lowest BCUT2D eigenvalue weighted by atomic mass is 10.0. The molecule has 0 spiro atoms. The number of isocyanates is 1. The van der Waals surface area contributed by atoms with Crippen molar-refractivity contribution in [2.24, 2.45) is 4.99 Å². The number of ether oxygens (including phenoxy) is 2. The summed E-state index contributed by atoms with van der Waals surface area (Å²) in [6.07, 6.45) is 8.05. The second-order valence-electron chi connectivity index (χ2n) is 5.75. The van der Waals surface area contributed by atoms with Gasteiger partial charge in [0.1, 0.15) is 0 Å². The molecule has 0 aromatic heterocycles. The number of rotatable bonds is 5. The summed E-state index contributed by atoms with van der Waals surface area (Å²) >= 11 is 6.38. The molecule has 0 aliphatic heterocycles. The molecule has 0 heterocycles. The van der Waals surface area contributed by atoms with Crippen LogP contribution in [0, 0.1) is 0 Å². The number of carbonyl (C=O) groups excluding carboxylic acids is 1. The summed E-state index contributed by atoms with van der Waals surface area (Å²) in [7, 11) is 1.60. The molecular formula is C16H18ClNO3. The quantitative estimate of drug-likeness (QED) is 0.610. The molecule has 0 saturated heterocycles. The van der Waals surface area contributed by atoms with E-state index in [0.717, 1.165) is 31.2 Å². The lowest BCUT2D eigenvalue weighted by molar-refractivity contribution is 0.201. The average Bonchev–Trinajstić information content (AvgIpc) is 3.08. The Kier molecular flexibility index (Phi) is 3.92.